The van der Waals surface area contributed by atoms with E-state index in [1.54, 1.807) is 19.0 Å². The van der Waals surface area contributed by atoms with E-state index in [1.807, 2.05) is 6.92 Å². The molecule has 1 heterocycles. The van der Waals surface area contributed by atoms with Crippen LogP contribution in [0, 0.1) is 6.92 Å². The van der Waals surface area contributed by atoms with E-state index < -0.39 is 5.83 Å². The van der Waals surface area contributed by atoms with Gasteiger partial charge in [-0.1, -0.05) is 24.2 Å². The molecule has 6 heteroatoms. The van der Waals surface area contributed by atoms with Crippen LogP contribution in [0.3, 0.4) is 0 Å². The summed E-state index contributed by atoms with van der Waals surface area (Å²) in [6.07, 6.45) is 5.06. The molecular weight excluding hydrogens is 277 g/mol. The van der Waals surface area contributed by atoms with Crippen LogP contribution in [0.5, 0.6) is 0 Å². The van der Waals surface area contributed by atoms with Crippen LogP contribution in [0.15, 0.2) is 5.83 Å². The van der Waals surface area contributed by atoms with Crippen molar-refractivity contribution < 1.29 is 9.18 Å². The van der Waals surface area contributed by atoms with Gasteiger partial charge in [0.25, 0.3) is 0 Å². The molecule has 0 amide bonds. The number of thiazole rings is 1. The van der Waals surface area contributed by atoms with Crippen molar-refractivity contribution in [2.75, 3.05) is 19.4 Å². The van der Waals surface area contributed by atoms with E-state index in [2.05, 4.69) is 10.3 Å². The molecule has 0 bridgehead atoms. The van der Waals surface area contributed by atoms with Gasteiger partial charge in [0.15, 0.2) is 17.2 Å². The number of aldehydes is 1. The van der Waals surface area contributed by atoms with Crippen molar-refractivity contribution in [3.8, 4) is 0 Å². The molecule has 0 atom stereocenters. The average molecular weight is 297 g/mol. The van der Waals surface area contributed by atoms with Crippen molar-refractivity contribution >= 4 is 28.5 Å². The number of anilines is 1. The number of halogens is 1. The maximum atomic E-state index is 13.8. The second-order valence-corrected chi connectivity index (χ2v) is 6.27. The zero-order chi connectivity index (χ0) is 14.7. The Morgan fingerprint density at radius 3 is 2.65 bits per heavy atom. The third-order valence-corrected chi connectivity index (χ3v) is 4.57. The quantitative estimate of drug-likeness (QED) is 0.669. The lowest BCUT2D eigenvalue weighted by Gasteiger charge is -2.15. The molecule has 0 aromatic carbocycles. The van der Waals surface area contributed by atoms with Crippen molar-refractivity contribution in [1.29, 1.82) is 0 Å². The fourth-order valence-corrected chi connectivity index (χ4v) is 3.68. The maximum Gasteiger partial charge on any atom is 0.187 e. The highest BCUT2D eigenvalue weighted by Crippen LogP contribution is 2.33. The highest BCUT2D eigenvalue weighted by atomic mass is 32.1. The molecule has 1 N–H and O–H groups in total. The number of aromatic nitrogens is 1. The van der Waals surface area contributed by atoms with Gasteiger partial charge in [-0.05, 0) is 19.8 Å². The fraction of sp³-hybridized carbons (Fsp3) is 0.571. The topological polar surface area (TPSA) is 45.2 Å². The molecule has 1 aliphatic carbocycles. The van der Waals surface area contributed by atoms with Crippen LogP contribution in [-0.2, 0) is 4.79 Å². The summed E-state index contributed by atoms with van der Waals surface area (Å²) in [5, 5.41) is 4.22. The first-order valence-electron chi connectivity index (χ1n) is 6.79. The molecule has 1 saturated carbocycles. The lowest BCUT2D eigenvalue weighted by molar-refractivity contribution is -0.106. The van der Waals surface area contributed by atoms with Gasteiger partial charge in [-0.3, -0.25) is 4.79 Å². The molecule has 0 spiro atoms. The summed E-state index contributed by atoms with van der Waals surface area (Å²) >= 11 is 1.41. The van der Waals surface area contributed by atoms with E-state index in [9.17, 15) is 9.18 Å². The number of rotatable bonds is 5. The first-order valence-corrected chi connectivity index (χ1v) is 7.61. The van der Waals surface area contributed by atoms with Gasteiger partial charge in [-0.15, -0.1) is 0 Å². The Balaban J connectivity index is 2.27. The van der Waals surface area contributed by atoms with E-state index in [-0.39, 0.29) is 6.29 Å². The number of nitrogens with zero attached hydrogens (tertiary/aromatic N) is 2. The lowest BCUT2D eigenvalue weighted by atomic mass is 10.2. The minimum absolute atomic E-state index is 0.249. The SMILES string of the molecule is Cc1nc(NC2CCCC2)sc1/C(=C(\F)C=O)N(C)C. The zero-order valence-electron chi connectivity index (χ0n) is 12.1. The van der Waals surface area contributed by atoms with Crippen LogP contribution in [0.4, 0.5) is 9.52 Å². The lowest BCUT2D eigenvalue weighted by Crippen LogP contribution is -2.14. The van der Waals surface area contributed by atoms with Gasteiger partial charge in [0.05, 0.1) is 16.3 Å². The number of hydrogen-bond donors (Lipinski definition) is 1. The second-order valence-electron chi connectivity index (χ2n) is 5.27. The molecule has 0 saturated heterocycles. The molecule has 0 radical (unpaired) electrons. The summed E-state index contributed by atoms with van der Waals surface area (Å²) in [5.41, 5.74) is 1.05. The number of nitrogens with one attached hydrogen (secondary N) is 1. The van der Waals surface area contributed by atoms with E-state index in [0.29, 0.717) is 16.6 Å². The summed E-state index contributed by atoms with van der Waals surface area (Å²) in [4.78, 5) is 17.5. The first-order chi connectivity index (χ1) is 9.52. The highest BCUT2D eigenvalue weighted by molar-refractivity contribution is 7.16. The number of allylic oxidation sites excluding steroid dienone is 1. The van der Waals surface area contributed by atoms with Gasteiger partial charge in [-0.2, -0.15) is 0 Å². The maximum absolute atomic E-state index is 13.8. The van der Waals surface area contributed by atoms with Crippen LogP contribution >= 0.6 is 11.3 Å². The Bertz CT molecular complexity index is 518. The van der Waals surface area contributed by atoms with Crippen molar-refractivity contribution in [2.45, 2.75) is 38.6 Å². The van der Waals surface area contributed by atoms with Gasteiger partial charge >= 0.3 is 0 Å². The van der Waals surface area contributed by atoms with Crippen LogP contribution in [0.1, 0.15) is 36.3 Å². The molecule has 2 rings (SSSR count). The minimum atomic E-state index is -0.755. The molecule has 0 unspecified atom stereocenters. The normalized spacial score (nSPS) is 17.0. The molecule has 1 aliphatic rings. The first kappa shape index (κ1) is 15.0. The monoisotopic (exact) mass is 297 g/mol. The molecular formula is C14H20FN3OS. The predicted octanol–water partition coefficient (Wildman–Crippen LogP) is 3.20. The largest absolute Gasteiger partial charge is 0.374 e. The van der Waals surface area contributed by atoms with Crippen molar-refractivity contribution in [3.63, 3.8) is 0 Å². The molecule has 1 aromatic heterocycles. The Morgan fingerprint density at radius 1 is 1.45 bits per heavy atom. The molecule has 1 aromatic rings. The third-order valence-electron chi connectivity index (χ3n) is 3.47. The van der Waals surface area contributed by atoms with Gasteiger partial charge in [0, 0.05) is 20.1 Å². The van der Waals surface area contributed by atoms with E-state index in [0.717, 1.165) is 23.7 Å². The summed E-state index contributed by atoms with van der Waals surface area (Å²) in [5.74, 6) is -0.755. The predicted molar refractivity (Wildman–Crippen MR) is 80.5 cm³/mol. The summed E-state index contributed by atoms with van der Waals surface area (Å²) in [6, 6.07) is 0.469. The third kappa shape index (κ3) is 3.17. The Kier molecular flexibility index (Phi) is 4.75. The van der Waals surface area contributed by atoms with Crippen LogP contribution < -0.4 is 5.32 Å². The van der Waals surface area contributed by atoms with Gasteiger partial charge in [0.2, 0.25) is 0 Å². The van der Waals surface area contributed by atoms with E-state index in [1.165, 1.54) is 24.2 Å². The van der Waals surface area contributed by atoms with E-state index in [4.69, 9.17) is 0 Å². The molecule has 110 valence electrons. The Labute approximate surface area is 122 Å². The summed E-state index contributed by atoms with van der Waals surface area (Å²) in [6.45, 7) is 1.84. The zero-order valence-corrected chi connectivity index (χ0v) is 12.9. The van der Waals surface area contributed by atoms with Crippen molar-refractivity contribution in [1.82, 2.24) is 9.88 Å². The van der Waals surface area contributed by atoms with Gasteiger partial charge in [-0.25, -0.2) is 9.37 Å². The van der Waals surface area contributed by atoms with Crippen molar-refractivity contribution in [2.24, 2.45) is 0 Å². The fourth-order valence-electron chi connectivity index (χ4n) is 2.50. The van der Waals surface area contributed by atoms with Crippen molar-refractivity contribution in [3.05, 3.63) is 16.4 Å². The van der Waals surface area contributed by atoms with Crippen LogP contribution in [0.2, 0.25) is 0 Å². The smallest absolute Gasteiger partial charge is 0.187 e. The Hall–Kier alpha value is -1.43. The van der Waals surface area contributed by atoms with Gasteiger partial charge < -0.3 is 10.2 Å². The Morgan fingerprint density at radius 2 is 2.10 bits per heavy atom. The summed E-state index contributed by atoms with van der Waals surface area (Å²) in [7, 11) is 3.45. The molecule has 20 heavy (non-hydrogen) atoms. The van der Waals surface area contributed by atoms with Crippen LogP contribution in [0.25, 0.3) is 5.70 Å². The van der Waals surface area contributed by atoms with Crippen LogP contribution in [-0.4, -0.2) is 36.3 Å². The minimum Gasteiger partial charge on any atom is -0.374 e. The summed E-state index contributed by atoms with van der Waals surface area (Å²) < 4.78 is 13.8. The van der Waals surface area contributed by atoms with E-state index >= 15 is 0 Å². The second kappa shape index (κ2) is 6.35. The number of carbonyl (C=O) groups excluding carboxylic acids is 1. The number of carbonyl (C=O) groups is 1. The highest BCUT2D eigenvalue weighted by Gasteiger charge is 2.21. The molecule has 0 aliphatic heterocycles. The molecule has 1 fully saturated rings. The number of hydrogen-bond acceptors (Lipinski definition) is 5. The van der Waals surface area contributed by atoms with Gasteiger partial charge in [0.1, 0.15) is 0 Å². The standard InChI is InChI=1S/C14H20FN3OS/c1-9-13(12(18(2)3)11(15)8-19)20-14(16-9)17-10-6-4-5-7-10/h8,10H,4-7H2,1-3H3,(H,16,17)/b12-11+. The average Bonchev–Trinajstić information content (AvgIpc) is 3.00. The number of aryl methyl sites for hydroxylation is 1. The molecule has 4 nitrogen and oxygen atoms in total.